The molecule has 1 nitrogen and oxygen atoms in total. The van der Waals surface area contributed by atoms with E-state index in [4.69, 9.17) is 4.74 Å². The Morgan fingerprint density at radius 2 is 1.66 bits per heavy atom. The zero-order valence-corrected chi connectivity index (χ0v) is 20.8. The van der Waals surface area contributed by atoms with Gasteiger partial charge in [-0.1, -0.05) is 82.9 Å². The summed E-state index contributed by atoms with van der Waals surface area (Å²) in [6.07, 6.45) is 23.3. The number of ether oxygens (including phenoxy) is 1. The van der Waals surface area contributed by atoms with Crippen LogP contribution < -0.4 is 4.74 Å². The lowest BCUT2D eigenvalue weighted by atomic mass is 9.70. The molecule has 3 rings (SSSR count). The molecule has 2 aliphatic carbocycles. The Morgan fingerprint density at radius 1 is 0.875 bits per heavy atom. The molecule has 0 amide bonds. The van der Waals surface area contributed by atoms with Crippen molar-refractivity contribution < 1.29 is 9.13 Å². The fourth-order valence-electron chi connectivity index (χ4n) is 5.85. The summed E-state index contributed by atoms with van der Waals surface area (Å²) in [5.74, 6) is 3.10. The predicted octanol–water partition coefficient (Wildman–Crippen LogP) is 9.44. The van der Waals surface area contributed by atoms with Crippen molar-refractivity contribution in [2.75, 3.05) is 6.61 Å². The minimum absolute atomic E-state index is 0.206. The molecule has 0 aliphatic heterocycles. The summed E-state index contributed by atoms with van der Waals surface area (Å²) in [6, 6.07) is 5.55. The van der Waals surface area contributed by atoms with E-state index in [1.807, 2.05) is 12.1 Å². The highest BCUT2D eigenvalue weighted by Crippen LogP contribution is 2.41. The van der Waals surface area contributed by atoms with Crippen LogP contribution in [-0.2, 0) is 6.42 Å². The number of hydrogen-bond donors (Lipinski definition) is 0. The Morgan fingerprint density at radius 3 is 2.34 bits per heavy atom. The second-order valence-electron chi connectivity index (χ2n) is 10.5. The average Bonchev–Trinajstić information content (AvgIpc) is 2.82. The molecule has 0 N–H and O–H groups in total. The summed E-state index contributed by atoms with van der Waals surface area (Å²) in [4.78, 5) is 0. The minimum Gasteiger partial charge on any atom is -0.491 e. The first-order valence-electron chi connectivity index (χ1n) is 13.8. The number of rotatable bonds is 13. The summed E-state index contributed by atoms with van der Waals surface area (Å²) >= 11 is 0. The zero-order valence-electron chi connectivity index (χ0n) is 20.8. The second-order valence-corrected chi connectivity index (χ2v) is 10.5. The molecule has 0 heterocycles. The maximum atomic E-state index is 14.4. The van der Waals surface area contributed by atoms with Gasteiger partial charge in [-0.2, -0.15) is 0 Å². The van der Waals surface area contributed by atoms with Gasteiger partial charge in [-0.15, -0.1) is 0 Å². The van der Waals surface area contributed by atoms with Gasteiger partial charge in [-0.05, 0) is 86.8 Å². The first-order chi connectivity index (χ1) is 15.7. The molecule has 2 heteroatoms. The lowest BCUT2D eigenvalue weighted by Crippen LogP contribution is -2.23. The predicted molar refractivity (Wildman–Crippen MR) is 135 cm³/mol. The molecule has 0 radical (unpaired) electrons. The van der Waals surface area contributed by atoms with Crippen molar-refractivity contribution in [2.24, 2.45) is 17.8 Å². The van der Waals surface area contributed by atoms with Crippen LogP contribution in [0.25, 0.3) is 0 Å². The Balaban J connectivity index is 1.36. The Hall–Kier alpha value is -1.31. The molecule has 1 aromatic carbocycles. The average molecular weight is 443 g/mol. The molecule has 1 fully saturated rings. The largest absolute Gasteiger partial charge is 0.491 e. The van der Waals surface area contributed by atoms with E-state index in [2.05, 4.69) is 19.9 Å². The van der Waals surface area contributed by atoms with Gasteiger partial charge in [-0.3, -0.25) is 0 Å². The molecular formula is C30H47FO. The van der Waals surface area contributed by atoms with Gasteiger partial charge in [-0.25, -0.2) is 4.39 Å². The number of hydrogen-bond acceptors (Lipinski definition) is 1. The molecule has 180 valence electrons. The monoisotopic (exact) mass is 442 g/mol. The third-order valence-corrected chi connectivity index (χ3v) is 8.06. The van der Waals surface area contributed by atoms with Crippen molar-refractivity contribution in [3.05, 3.63) is 41.2 Å². The van der Waals surface area contributed by atoms with Crippen LogP contribution >= 0.6 is 0 Å². The molecule has 0 saturated heterocycles. The van der Waals surface area contributed by atoms with Crippen molar-refractivity contribution in [1.29, 1.82) is 0 Å². The van der Waals surface area contributed by atoms with Crippen molar-refractivity contribution in [3.8, 4) is 5.75 Å². The molecule has 1 saturated carbocycles. The number of allylic oxidation sites excluding steroid dienone is 2. The van der Waals surface area contributed by atoms with Crippen LogP contribution in [-0.4, -0.2) is 6.61 Å². The number of unbranched alkanes of at least 4 members (excludes halogenated alkanes) is 4. The molecule has 1 unspecified atom stereocenters. The molecule has 0 aromatic heterocycles. The second kappa shape index (κ2) is 14.1. The van der Waals surface area contributed by atoms with Crippen LogP contribution in [0.5, 0.6) is 5.75 Å². The van der Waals surface area contributed by atoms with E-state index < -0.39 is 0 Å². The molecule has 0 spiro atoms. The first kappa shape index (κ1) is 25.3. The van der Waals surface area contributed by atoms with Crippen molar-refractivity contribution in [1.82, 2.24) is 0 Å². The van der Waals surface area contributed by atoms with Crippen LogP contribution in [0.1, 0.15) is 116 Å². The summed E-state index contributed by atoms with van der Waals surface area (Å²) in [7, 11) is 0. The molecule has 32 heavy (non-hydrogen) atoms. The molecule has 1 atom stereocenters. The van der Waals surface area contributed by atoms with Crippen molar-refractivity contribution in [2.45, 2.75) is 117 Å². The normalized spacial score (nSPS) is 23.7. The highest BCUT2D eigenvalue weighted by Gasteiger charge is 2.28. The standard InChI is InChI=1S/C30H47FO/c1-3-5-7-9-24-12-17-27(18-13-24)28-19-14-25(15-20-28)10-11-26-16-21-30(29(31)23-26)32-22-8-6-4-2/h14,16,21,23-24,27-28H,3-13,15,17-20,22H2,1-2H3/t24-,27-,28?. The first-order valence-corrected chi connectivity index (χ1v) is 13.8. The maximum absolute atomic E-state index is 14.4. The lowest BCUT2D eigenvalue weighted by Gasteiger charge is -2.35. The van der Waals surface area contributed by atoms with Gasteiger partial charge in [0.2, 0.25) is 0 Å². The third-order valence-electron chi connectivity index (χ3n) is 8.06. The quantitative estimate of drug-likeness (QED) is 0.218. The van der Waals surface area contributed by atoms with Gasteiger partial charge in [0.05, 0.1) is 6.61 Å². The fourth-order valence-corrected chi connectivity index (χ4v) is 5.85. The van der Waals surface area contributed by atoms with Crippen molar-refractivity contribution in [3.63, 3.8) is 0 Å². The third kappa shape index (κ3) is 8.23. The van der Waals surface area contributed by atoms with Gasteiger partial charge in [0.15, 0.2) is 11.6 Å². The van der Waals surface area contributed by atoms with Crippen molar-refractivity contribution >= 4 is 0 Å². The number of halogens is 1. The van der Waals surface area contributed by atoms with Crippen LogP contribution in [0.2, 0.25) is 0 Å². The Labute approximate surface area is 197 Å². The summed E-state index contributed by atoms with van der Waals surface area (Å²) in [5.41, 5.74) is 2.68. The fraction of sp³-hybridized carbons (Fsp3) is 0.733. The van der Waals surface area contributed by atoms with Gasteiger partial charge >= 0.3 is 0 Å². The van der Waals surface area contributed by atoms with Crippen LogP contribution in [0.3, 0.4) is 0 Å². The molecule has 1 aromatic rings. The van der Waals surface area contributed by atoms with E-state index in [1.165, 1.54) is 70.6 Å². The highest BCUT2D eigenvalue weighted by molar-refractivity contribution is 5.30. The summed E-state index contributed by atoms with van der Waals surface area (Å²) in [6.45, 7) is 5.08. The SMILES string of the molecule is CCCCCOc1ccc(CCC2=CCC([C@H]3CC[C@H](CCCCC)CC3)CC2)cc1F. The smallest absolute Gasteiger partial charge is 0.165 e. The van der Waals surface area contributed by atoms with E-state index >= 15 is 0 Å². The van der Waals surface area contributed by atoms with Crippen LogP contribution in [0.15, 0.2) is 29.8 Å². The topological polar surface area (TPSA) is 9.23 Å². The van der Waals surface area contributed by atoms with Gasteiger partial charge in [0.25, 0.3) is 0 Å². The maximum Gasteiger partial charge on any atom is 0.165 e. The zero-order chi connectivity index (χ0) is 22.6. The molecule has 0 bridgehead atoms. The summed E-state index contributed by atoms with van der Waals surface area (Å²) in [5, 5.41) is 0. The van der Waals surface area contributed by atoms with E-state index in [0.717, 1.165) is 55.4 Å². The van der Waals surface area contributed by atoms with E-state index in [0.29, 0.717) is 12.4 Å². The molecular weight excluding hydrogens is 395 g/mol. The van der Waals surface area contributed by atoms with E-state index in [-0.39, 0.29) is 5.82 Å². The summed E-state index contributed by atoms with van der Waals surface area (Å²) < 4.78 is 20.0. The van der Waals surface area contributed by atoms with Crippen LogP contribution in [0.4, 0.5) is 4.39 Å². The Bertz CT molecular complexity index is 686. The number of benzene rings is 1. The van der Waals surface area contributed by atoms with Gasteiger partial charge in [0, 0.05) is 0 Å². The molecule has 2 aliphatic rings. The minimum atomic E-state index is -0.206. The Kier molecular flexibility index (Phi) is 11.1. The number of aryl methyl sites for hydroxylation is 1. The van der Waals surface area contributed by atoms with Gasteiger partial charge < -0.3 is 4.74 Å². The van der Waals surface area contributed by atoms with Crippen LogP contribution in [0, 0.1) is 23.6 Å². The lowest BCUT2D eigenvalue weighted by molar-refractivity contribution is 0.185. The highest BCUT2D eigenvalue weighted by atomic mass is 19.1. The van der Waals surface area contributed by atoms with E-state index in [1.54, 1.807) is 11.6 Å². The van der Waals surface area contributed by atoms with E-state index in [9.17, 15) is 4.39 Å². The van der Waals surface area contributed by atoms with Gasteiger partial charge in [0.1, 0.15) is 0 Å².